The van der Waals surface area contributed by atoms with Crippen LogP contribution < -0.4 is 9.47 Å². The Labute approximate surface area is 192 Å². The lowest BCUT2D eigenvalue weighted by Crippen LogP contribution is -2.31. The molecule has 2 aromatic carbocycles. The van der Waals surface area contributed by atoms with Crippen molar-refractivity contribution in [1.82, 2.24) is 4.90 Å². The zero-order chi connectivity index (χ0) is 22.4. The van der Waals surface area contributed by atoms with Gasteiger partial charge in [0.25, 0.3) is 11.1 Å². The average molecular weight is 510 g/mol. The lowest BCUT2D eigenvalue weighted by atomic mass is 10.1. The molecule has 0 unspecified atom stereocenters. The van der Waals surface area contributed by atoms with E-state index in [1.807, 2.05) is 6.92 Å². The molecule has 3 rings (SSSR count). The number of ether oxygens (including phenoxy) is 3. The van der Waals surface area contributed by atoms with E-state index in [1.54, 1.807) is 36.4 Å². The smallest absolute Gasteiger partial charge is 0.293 e. The molecular formula is C22H21BrFNO5S. The molecule has 0 aromatic heterocycles. The van der Waals surface area contributed by atoms with E-state index in [-0.39, 0.29) is 36.7 Å². The first-order valence-corrected chi connectivity index (χ1v) is 11.1. The molecule has 0 atom stereocenters. The summed E-state index contributed by atoms with van der Waals surface area (Å²) in [6.07, 6.45) is 1.63. The van der Waals surface area contributed by atoms with E-state index in [1.165, 1.54) is 13.2 Å². The van der Waals surface area contributed by atoms with Crippen LogP contribution in [0, 0.1) is 5.82 Å². The zero-order valence-corrected chi connectivity index (χ0v) is 19.4. The van der Waals surface area contributed by atoms with Crippen LogP contribution in [0.4, 0.5) is 9.18 Å². The molecule has 1 saturated heterocycles. The van der Waals surface area contributed by atoms with Crippen molar-refractivity contribution < 1.29 is 28.2 Å². The third kappa shape index (κ3) is 5.66. The first kappa shape index (κ1) is 23.3. The first-order valence-electron chi connectivity index (χ1n) is 9.51. The highest BCUT2D eigenvalue weighted by Gasteiger charge is 2.34. The van der Waals surface area contributed by atoms with Crippen molar-refractivity contribution in [1.29, 1.82) is 0 Å². The van der Waals surface area contributed by atoms with Gasteiger partial charge >= 0.3 is 0 Å². The van der Waals surface area contributed by atoms with Crippen LogP contribution in [0.3, 0.4) is 0 Å². The topological polar surface area (TPSA) is 65.1 Å². The zero-order valence-electron chi connectivity index (χ0n) is 17.0. The third-order valence-electron chi connectivity index (χ3n) is 4.35. The molecule has 0 saturated carbocycles. The fourth-order valence-corrected chi connectivity index (χ4v) is 4.31. The minimum atomic E-state index is -0.360. The van der Waals surface area contributed by atoms with E-state index >= 15 is 0 Å². The molecule has 6 nitrogen and oxygen atoms in total. The Bertz CT molecular complexity index is 1010. The molecule has 1 heterocycles. The fourth-order valence-electron chi connectivity index (χ4n) is 2.87. The van der Waals surface area contributed by atoms with Crippen LogP contribution >= 0.6 is 27.7 Å². The molecule has 2 amide bonds. The maximum atomic E-state index is 13.9. The third-order valence-corrected chi connectivity index (χ3v) is 5.85. The number of hydrogen-bond acceptors (Lipinski definition) is 6. The van der Waals surface area contributed by atoms with Crippen LogP contribution in [0.25, 0.3) is 6.08 Å². The van der Waals surface area contributed by atoms with Gasteiger partial charge in [0, 0.05) is 12.7 Å². The van der Waals surface area contributed by atoms with Crippen molar-refractivity contribution in [3.63, 3.8) is 0 Å². The lowest BCUT2D eigenvalue weighted by molar-refractivity contribution is -0.123. The molecule has 0 radical (unpaired) electrons. The lowest BCUT2D eigenvalue weighted by Gasteiger charge is -2.15. The second-order valence-corrected chi connectivity index (χ2v) is 8.32. The Morgan fingerprint density at radius 3 is 2.68 bits per heavy atom. The predicted octanol–water partition coefficient (Wildman–Crippen LogP) is 5.25. The van der Waals surface area contributed by atoms with Gasteiger partial charge in [-0.05, 0) is 64.5 Å². The van der Waals surface area contributed by atoms with Gasteiger partial charge in [0.15, 0.2) is 11.5 Å². The second-order valence-electron chi connectivity index (χ2n) is 6.47. The standard InChI is InChI=1S/C22H21BrFNO5S/c1-3-29-18-11-14(12-19-21(26)25(8-9-28-2)22(27)31-19)10-16(23)20(18)30-13-15-6-4-5-7-17(15)24/h4-7,10-12H,3,8-9,13H2,1-2H3/b19-12+. The van der Waals surface area contributed by atoms with Crippen molar-refractivity contribution in [2.24, 2.45) is 0 Å². The summed E-state index contributed by atoms with van der Waals surface area (Å²) in [6.45, 7) is 2.74. The van der Waals surface area contributed by atoms with E-state index < -0.39 is 0 Å². The number of hydrogen-bond donors (Lipinski definition) is 0. The summed E-state index contributed by atoms with van der Waals surface area (Å²) in [5, 5.41) is -0.331. The summed E-state index contributed by atoms with van der Waals surface area (Å²) < 4.78 is 31.0. The minimum absolute atomic E-state index is 0.0308. The van der Waals surface area contributed by atoms with E-state index in [0.717, 1.165) is 16.7 Å². The maximum absolute atomic E-state index is 13.9. The van der Waals surface area contributed by atoms with Crippen molar-refractivity contribution in [2.45, 2.75) is 13.5 Å². The number of amides is 2. The highest BCUT2D eigenvalue weighted by molar-refractivity contribution is 9.10. The van der Waals surface area contributed by atoms with E-state index in [0.29, 0.717) is 38.6 Å². The van der Waals surface area contributed by atoms with Crippen LogP contribution in [0.2, 0.25) is 0 Å². The number of halogens is 2. The Balaban J connectivity index is 1.84. The maximum Gasteiger partial charge on any atom is 0.293 e. The summed E-state index contributed by atoms with van der Waals surface area (Å²) in [5.74, 6) is 0.159. The van der Waals surface area contributed by atoms with Crippen LogP contribution in [0.15, 0.2) is 45.8 Å². The molecule has 0 spiro atoms. The molecule has 1 aliphatic heterocycles. The second kappa shape index (κ2) is 10.8. The molecule has 31 heavy (non-hydrogen) atoms. The largest absolute Gasteiger partial charge is 0.490 e. The van der Waals surface area contributed by atoms with E-state index in [9.17, 15) is 14.0 Å². The summed E-state index contributed by atoms with van der Waals surface area (Å²) in [4.78, 5) is 26.1. The molecule has 0 bridgehead atoms. The number of nitrogens with zero attached hydrogens (tertiary/aromatic N) is 1. The highest BCUT2D eigenvalue weighted by atomic mass is 79.9. The van der Waals surface area contributed by atoms with E-state index in [4.69, 9.17) is 14.2 Å². The van der Waals surface area contributed by atoms with Gasteiger partial charge in [0.05, 0.1) is 29.1 Å². The molecule has 0 aliphatic carbocycles. The summed E-state index contributed by atoms with van der Waals surface area (Å²) in [6, 6.07) is 9.85. The predicted molar refractivity (Wildman–Crippen MR) is 121 cm³/mol. The van der Waals surface area contributed by atoms with Crippen molar-refractivity contribution >= 4 is 44.9 Å². The molecule has 1 fully saturated rings. The van der Waals surface area contributed by atoms with Crippen molar-refractivity contribution in [3.05, 3.63) is 62.7 Å². The van der Waals surface area contributed by atoms with Crippen LogP contribution in [-0.2, 0) is 16.1 Å². The SMILES string of the molecule is CCOc1cc(/C=C2/SC(=O)N(CCOC)C2=O)cc(Br)c1OCc1ccccc1F. The Hall–Kier alpha value is -2.36. The van der Waals surface area contributed by atoms with Gasteiger partial charge in [-0.2, -0.15) is 0 Å². The number of thioether (sulfide) groups is 1. The van der Waals surface area contributed by atoms with Crippen LogP contribution in [0.1, 0.15) is 18.1 Å². The molecule has 9 heteroatoms. The van der Waals surface area contributed by atoms with Crippen LogP contribution in [-0.4, -0.2) is 42.9 Å². The molecular weight excluding hydrogens is 489 g/mol. The first-order chi connectivity index (χ1) is 14.9. The number of rotatable bonds is 9. The van der Waals surface area contributed by atoms with Crippen LogP contribution in [0.5, 0.6) is 11.5 Å². The molecule has 1 aliphatic rings. The quantitative estimate of drug-likeness (QED) is 0.430. The fraction of sp³-hybridized carbons (Fsp3) is 0.273. The van der Waals surface area contributed by atoms with Crippen molar-refractivity contribution in [2.75, 3.05) is 26.9 Å². The Morgan fingerprint density at radius 2 is 1.97 bits per heavy atom. The normalized spacial score (nSPS) is 15.1. The van der Waals surface area contributed by atoms with Gasteiger partial charge in [-0.15, -0.1) is 0 Å². The molecule has 164 valence electrons. The average Bonchev–Trinajstić information content (AvgIpc) is 3.00. The van der Waals surface area contributed by atoms with Gasteiger partial charge in [-0.3, -0.25) is 14.5 Å². The van der Waals surface area contributed by atoms with E-state index in [2.05, 4.69) is 15.9 Å². The van der Waals surface area contributed by atoms with Gasteiger partial charge in [-0.25, -0.2) is 4.39 Å². The highest BCUT2D eigenvalue weighted by Crippen LogP contribution is 2.39. The van der Waals surface area contributed by atoms with Crippen molar-refractivity contribution in [3.8, 4) is 11.5 Å². The Morgan fingerprint density at radius 1 is 1.19 bits per heavy atom. The van der Waals surface area contributed by atoms with Gasteiger partial charge < -0.3 is 14.2 Å². The monoisotopic (exact) mass is 509 g/mol. The molecule has 0 N–H and O–H groups in total. The number of benzene rings is 2. The number of methoxy groups -OCH3 is 1. The van der Waals surface area contributed by atoms with Gasteiger partial charge in [0.1, 0.15) is 12.4 Å². The van der Waals surface area contributed by atoms with Gasteiger partial charge in [0.2, 0.25) is 0 Å². The minimum Gasteiger partial charge on any atom is -0.490 e. The summed E-state index contributed by atoms with van der Waals surface area (Å²) >= 11 is 4.35. The Kier molecular flexibility index (Phi) is 8.11. The molecule has 2 aromatic rings. The van der Waals surface area contributed by atoms with Gasteiger partial charge in [-0.1, -0.05) is 18.2 Å². The number of carbonyl (C=O) groups excluding carboxylic acids is 2. The summed E-state index contributed by atoms with van der Waals surface area (Å²) in [7, 11) is 1.51. The number of carbonyl (C=O) groups is 2. The summed E-state index contributed by atoms with van der Waals surface area (Å²) in [5.41, 5.74) is 1.08. The number of imide groups is 1.